The van der Waals surface area contributed by atoms with Crippen LogP contribution in [0.15, 0.2) is 12.1 Å². The molecule has 0 radical (unpaired) electrons. The second-order valence-electron chi connectivity index (χ2n) is 5.72. The molecule has 112 valence electrons. The van der Waals surface area contributed by atoms with Gasteiger partial charge >= 0.3 is 0 Å². The number of ether oxygens (including phenoxy) is 1. The minimum absolute atomic E-state index is 0.0217. The summed E-state index contributed by atoms with van der Waals surface area (Å²) in [5, 5.41) is 0. The summed E-state index contributed by atoms with van der Waals surface area (Å²) < 4.78 is 33.2. The Labute approximate surface area is 120 Å². The molecule has 0 aliphatic heterocycles. The van der Waals surface area contributed by atoms with Crippen LogP contribution in [0, 0.1) is 17.6 Å². The predicted molar refractivity (Wildman–Crippen MR) is 77.1 cm³/mol. The van der Waals surface area contributed by atoms with Crippen LogP contribution < -0.4 is 4.74 Å². The van der Waals surface area contributed by atoms with Gasteiger partial charge in [0.2, 0.25) is 5.82 Å². The molecule has 1 aromatic carbocycles. The highest BCUT2D eigenvalue weighted by atomic mass is 19.2. The highest BCUT2D eigenvalue weighted by Crippen LogP contribution is 2.39. The highest BCUT2D eigenvalue weighted by molar-refractivity contribution is 5.33. The monoisotopic (exact) mass is 282 g/mol. The summed E-state index contributed by atoms with van der Waals surface area (Å²) in [6.45, 7) is 4.31. The van der Waals surface area contributed by atoms with Gasteiger partial charge in [0, 0.05) is 0 Å². The molecule has 0 aromatic heterocycles. The largest absolute Gasteiger partial charge is 0.491 e. The normalized spacial score (nSPS) is 22.8. The second kappa shape index (κ2) is 7.05. The Morgan fingerprint density at radius 2 is 1.75 bits per heavy atom. The smallest absolute Gasteiger partial charge is 0.200 e. The van der Waals surface area contributed by atoms with Crippen LogP contribution >= 0.6 is 0 Å². The average Bonchev–Trinajstić information content (AvgIpc) is 2.46. The zero-order valence-corrected chi connectivity index (χ0v) is 12.4. The molecule has 1 fully saturated rings. The van der Waals surface area contributed by atoms with Gasteiger partial charge < -0.3 is 4.74 Å². The summed E-state index contributed by atoms with van der Waals surface area (Å²) in [5.41, 5.74) is 0.529. The molecule has 0 atom stereocenters. The summed E-state index contributed by atoms with van der Waals surface area (Å²) >= 11 is 0. The molecule has 0 amide bonds. The molecule has 2 rings (SSSR count). The molecule has 0 saturated heterocycles. The van der Waals surface area contributed by atoms with Gasteiger partial charge in [0.15, 0.2) is 11.6 Å². The maximum absolute atomic E-state index is 14.2. The van der Waals surface area contributed by atoms with Crippen molar-refractivity contribution < 1.29 is 13.5 Å². The van der Waals surface area contributed by atoms with E-state index in [1.807, 2.05) is 0 Å². The van der Waals surface area contributed by atoms with Gasteiger partial charge in [-0.2, -0.15) is 4.39 Å². The van der Waals surface area contributed by atoms with Crippen molar-refractivity contribution in [3.63, 3.8) is 0 Å². The molecular formula is C17H24F2O. The van der Waals surface area contributed by atoms with Crippen LogP contribution in [0.1, 0.15) is 63.9 Å². The summed E-state index contributed by atoms with van der Waals surface area (Å²) in [5.74, 6) is -0.594. The van der Waals surface area contributed by atoms with Gasteiger partial charge in [-0.05, 0) is 56.1 Å². The fourth-order valence-corrected chi connectivity index (χ4v) is 3.30. The third kappa shape index (κ3) is 3.31. The maximum atomic E-state index is 14.2. The molecule has 1 aliphatic carbocycles. The van der Waals surface area contributed by atoms with Crippen molar-refractivity contribution in [2.75, 3.05) is 6.61 Å². The molecule has 0 bridgehead atoms. The number of hydrogen-bond acceptors (Lipinski definition) is 1. The van der Waals surface area contributed by atoms with Crippen LogP contribution in [-0.4, -0.2) is 6.61 Å². The van der Waals surface area contributed by atoms with E-state index in [0.717, 1.165) is 31.6 Å². The van der Waals surface area contributed by atoms with Crippen LogP contribution in [0.25, 0.3) is 0 Å². The zero-order valence-electron chi connectivity index (χ0n) is 12.4. The fraction of sp³-hybridized carbons (Fsp3) is 0.647. The van der Waals surface area contributed by atoms with Gasteiger partial charge in [0.25, 0.3) is 0 Å². The van der Waals surface area contributed by atoms with Gasteiger partial charge in [-0.15, -0.1) is 0 Å². The fourth-order valence-electron chi connectivity index (χ4n) is 3.30. The van der Waals surface area contributed by atoms with Crippen molar-refractivity contribution in [1.82, 2.24) is 0 Å². The van der Waals surface area contributed by atoms with Crippen LogP contribution in [0.5, 0.6) is 5.75 Å². The predicted octanol–water partition coefficient (Wildman–Crippen LogP) is 5.44. The molecular weight excluding hydrogens is 258 g/mol. The molecule has 20 heavy (non-hydrogen) atoms. The van der Waals surface area contributed by atoms with E-state index in [2.05, 4.69) is 6.92 Å². The van der Waals surface area contributed by atoms with Gasteiger partial charge in [0.05, 0.1) is 6.61 Å². The van der Waals surface area contributed by atoms with Crippen molar-refractivity contribution >= 4 is 0 Å². The summed E-state index contributed by atoms with van der Waals surface area (Å²) in [7, 11) is 0. The molecule has 0 N–H and O–H groups in total. The minimum atomic E-state index is -0.833. The van der Waals surface area contributed by atoms with Crippen molar-refractivity contribution in [3.05, 3.63) is 29.3 Å². The van der Waals surface area contributed by atoms with Crippen molar-refractivity contribution in [3.8, 4) is 5.75 Å². The van der Waals surface area contributed by atoms with Crippen molar-refractivity contribution in [2.45, 2.75) is 58.3 Å². The Morgan fingerprint density at radius 3 is 2.35 bits per heavy atom. The Balaban J connectivity index is 2.08. The first-order chi connectivity index (χ1) is 9.67. The van der Waals surface area contributed by atoms with E-state index >= 15 is 0 Å². The van der Waals surface area contributed by atoms with Gasteiger partial charge in [-0.3, -0.25) is 0 Å². The zero-order chi connectivity index (χ0) is 14.5. The number of hydrogen-bond donors (Lipinski definition) is 0. The van der Waals surface area contributed by atoms with Crippen LogP contribution in [-0.2, 0) is 0 Å². The van der Waals surface area contributed by atoms with E-state index in [1.165, 1.54) is 12.8 Å². The lowest BCUT2D eigenvalue weighted by molar-refractivity contribution is 0.295. The lowest BCUT2D eigenvalue weighted by Gasteiger charge is -2.29. The van der Waals surface area contributed by atoms with E-state index in [9.17, 15) is 8.78 Å². The first-order valence-corrected chi connectivity index (χ1v) is 7.78. The Bertz CT molecular complexity index is 437. The van der Waals surface area contributed by atoms with Gasteiger partial charge in [-0.1, -0.05) is 25.8 Å². The van der Waals surface area contributed by atoms with E-state index in [1.54, 1.807) is 19.1 Å². The first kappa shape index (κ1) is 15.3. The Hall–Kier alpha value is -1.12. The second-order valence-corrected chi connectivity index (χ2v) is 5.72. The quantitative estimate of drug-likeness (QED) is 0.699. The van der Waals surface area contributed by atoms with Gasteiger partial charge in [-0.25, -0.2) is 4.39 Å². The third-order valence-corrected chi connectivity index (χ3v) is 4.36. The van der Waals surface area contributed by atoms with Crippen molar-refractivity contribution in [1.29, 1.82) is 0 Å². The van der Waals surface area contributed by atoms with E-state index in [-0.39, 0.29) is 11.7 Å². The first-order valence-electron chi connectivity index (χ1n) is 7.78. The minimum Gasteiger partial charge on any atom is -0.491 e. The molecule has 1 nitrogen and oxygen atoms in total. The third-order valence-electron chi connectivity index (χ3n) is 4.36. The molecule has 0 heterocycles. The van der Waals surface area contributed by atoms with Crippen LogP contribution in [0.2, 0.25) is 0 Å². The lowest BCUT2D eigenvalue weighted by Crippen LogP contribution is -2.15. The standard InChI is InChI=1S/C17H24F2O/c1-3-5-12-6-8-13(9-7-12)14-10-11-15(20-4-2)17(19)16(14)18/h10-13H,3-9H2,1-2H3/t12-,13-. The molecule has 1 aliphatic rings. The van der Waals surface area contributed by atoms with Crippen LogP contribution in [0.3, 0.4) is 0 Å². The Kier molecular flexibility index (Phi) is 5.38. The topological polar surface area (TPSA) is 9.23 Å². The van der Waals surface area contributed by atoms with E-state index in [0.29, 0.717) is 12.2 Å². The Morgan fingerprint density at radius 1 is 1.05 bits per heavy atom. The van der Waals surface area contributed by atoms with E-state index in [4.69, 9.17) is 4.74 Å². The average molecular weight is 282 g/mol. The van der Waals surface area contributed by atoms with Crippen molar-refractivity contribution in [2.24, 2.45) is 5.92 Å². The lowest BCUT2D eigenvalue weighted by atomic mass is 9.77. The van der Waals surface area contributed by atoms with Crippen LogP contribution in [0.4, 0.5) is 8.78 Å². The summed E-state index contributed by atoms with van der Waals surface area (Å²) in [6.07, 6.45) is 6.66. The summed E-state index contributed by atoms with van der Waals surface area (Å²) in [4.78, 5) is 0. The SMILES string of the molecule is CCC[C@H]1CC[C@H](c2ccc(OCC)c(F)c2F)CC1. The molecule has 0 spiro atoms. The molecule has 1 saturated carbocycles. The van der Waals surface area contributed by atoms with Gasteiger partial charge in [0.1, 0.15) is 0 Å². The van der Waals surface area contributed by atoms with E-state index < -0.39 is 11.6 Å². The summed E-state index contributed by atoms with van der Waals surface area (Å²) in [6, 6.07) is 3.27. The number of halogens is 2. The molecule has 1 aromatic rings. The molecule has 0 unspecified atom stereocenters. The number of rotatable bonds is 5. The highest BCUT2D eigenvalue weighted by Gasteiger charge is 2.26. The maximum Gasteiger partial charge on any atom is 0.200 e. The number of benzene rings is 1. The molecule has 3 heteroatoms.